The molecule has 2 aromatic carbocycles. The Morgan fingerprint density at radius 1 is 1.08 bits per heavy atom. The van der Waals surface area contributed by atoms with E-state index in [0.29, 0.717) is 18.0 Å². The number of carboxylic acids is 1. The molecule has 0 bridgehead atoms. The molecule has 24 heavy (non-hydrogen) atoms. The first-order chi connectivity index (χ1) is 11.5. The molecular weight excluding hydrogens is 302 g/mol. The van der Waals surface area contributed by atoms with Crippen LogP contribution in [0.5, 0.6) is 0 Å². The number of hydrogen-bond donors (Lipinski definition) is 1. The Kier molecular flexibility index (Phi) is 4.38. The fourth-order valence-corrected chi connectivity index (χ4v) is 3.54. The van der Waals surface area contributed by atoms with Crippen molar-refractivity contribution in [1.29, 1.82) is 0 Å². The van der Waals surface area contributed by atoms with Crippen molar-refractivity contribution in [2.45, 2.75) is 32.2 Å². The summed E-state index contributed by atoms with van der Waals surface area (Å²) in [5, 5.41) is 9.10. The van der Waals surface area contributed by atoms with Gasteiger partial charge in [-0.2, -0.15) is 0 Å². The molecule has 124 valence electrons. The minimum Gasteiger partial charge on any atom is -0.478 e. The highest BCUT2D eigenvalue weighted by atomic mass is 16.4. The summed E-state index contributed by atoms with van der Waals surface area (Å²) in [6.07, 6.45) is 0.926. The zero-order chi connectivity index (χ0) is 17.3. The number of carbonyl (C=O) groups is 2. The molecule has 2 atom stereocenters. The second-order valence-corrected chi connectivity index (χ2v) is 6.48. The summed E-state index contributed by atoms with van der Waals surface area (Å²) < 4.78 is 0. The largest absolute Gasteiger partial charge is 0.478 e. The van der Waals surface area contributed by atoms with Crippen molar-refractivity contribution < 1.29 is 14.7 Å². The molecule has 0 radical (unpaired) electrons. The maximum atomic E-state index is 12.8. The minimum atomic E-state index is -1.02. The van der Waals surface area contributed by atoms with E-state index in [-0.39, 0.29) is 17.5 Å². The lowest BCUT2D eigenvalue weighted by Gasteiger charge is -2.22. The number of hydrogen-bond acceptors (Lipinski definition) is 2. The van der Waals surface area contributed by atoms with Crippen LogP contribution in [0.4, 0.5) is 0 Å². The first-order valence-electron chi connectivity index (χ1n) is 8.17. The van der Waals surface area contributed by atoms with Crippen LogP contribution < -0.4 is 0 Å². The molecule has 1 aliphatic rings. The van der Waals surface area contributed by atoms with Gasteiger partial charge in [0.1, 0.15) is 0 Å². The summed E-state index contributed by atoms with van der Waals surface area (Å²) in [6.45, 7) is 4.82. The number of aromatic carboxylic acids is 1. The third-order valence-corrected chi connectivity index (χ3v) is 4.82. The Morgan fingerprint density at radius 2 is 1.79 bits per heavy atom. The van der Waals surface area contributed by atoms with Crippen molar-refractivity contribution in [3.05, 3.63) is 70.8 Å². The third kappa shape index (κ3) is 3.04. The van der Waals surface area contributed by atoms with Gasteiger partial charge in [-0.05, 0) is 49.6 Å². The number of nitrogens with zero attached hydrogens (tertiary/aromatic N) is 1. The van der Waals surface area contributed by atoms with Crippen molar-refractivity contribution in [2.75, 3.05) is 6.54 Å². The molecule has 0 saturated carbocycles. The minimum absolute atomic E-state index is 0.0957. The highest BCUT2D eigenvalue weighted by molar-refractivity contribution is 5.97. The molecule has 4 heteroatoms. The van der Waals surface area contributed by atoms with Crippen molar-refractivity contribution in [2.24, 2.45) is 0 Å². The number of aryl methyl sites for hydroxylation is 1. The fourth-order valence-electron chi connectivity index (χ4n) is 3.54. The van der Waals surface area contributed by atoms with E-state index in [1.165, 1.54) is 23.3 Å². The lowest BCUT2D eigenvalue weighted by molar-refractivity contribution is 0.0697. The highest BCUT2D eigenvalue weighted by Gasteiger charge is 2.34. The zero-order valence-electron chi connectivity index (χ0n) is 13.9. The number of carboxylic acid groups (broad SMARTS) is 1. The summed E-state index contributed by atoms with van der Waals surface area (Å²) in [4.78, 5) is 25.8. The van der Waals surface area contributed by atoms with Crippen molar-refractivity contribution in [3.63, 3.8) is 0 Å². The van der Waals surface area contributed by atoms with Crippen LogP contribution in [0.15, 0.2) is 48.5 Å². The van der Waals surface area contributed by atoms with Crippen LogP contribution in [0.25, 0.3) is 0 Å². The van der Waals surface area contributed by atoms with E-state index < -0.39 is 5.97 Å². The van der Waals surface area contributed by atoms with Gasteiger partial charge >= 0.3 is 5.97 Å². The van der Waals surface area contributed by atoms with E-state index in [0.717, 1.165) is 6.42 Å². The van der Waals surface area contributed by atoms with Crippen molar-refractivity contribution in [1.82, 2.24) is 4.90 Å². The summed E-state index contributed by atoms with van der Waals surface area (Å²) >= 11 is 0. The number of rotatable bonds is 3. The predicted molar refractivity (Wildman–Crippen MR) is 92.4 cm³/mol. The molecule has 0 aromatic heterocycles. The van der Waals surface area contributed by atoms with Gasteiger partial charge in [0, 0.05) is 24.1 Å². The quantitative estimate of drug-likeness (QED) is 0.937. The third-order valence-electron chi connectivity index (χ3n) is 4.82. The topological polar surface area (TPSA) is 57.6 Å². The Balaban J connectivity index is 1.83. The molecule has 1 fully saturated rings. The standard InChI is InChI=1S/C20H21NO3/c1-13-6-3-4-9-18(13)17-10-14(2)21(12-17)19(22)15-7-5-8-16(11-15)20(23)24/h3-9,11,14,17H,10,12H2,1-2H3,(H,23,24). The number of carbonyl (C=O) groups excluding carboxylic acids is 1. The van der Waals surface area contributed by atoms with Crippen LogP contribution in [-0.4, -0.2) is 34.5 Å². The van der Waals surface area contributed by atoms with Gasteiger partial charge in [-0.1, -0.05) is 30.3 Å². The SMILES string of the molecule is Cc1ccccc1C1CC(C)N(C(=O)c2cccc(C(=O)O)c2)C1. The molecule has 4 nitrogen and oxygen atoms in total. The summed E-state index contributed by atoms with van der Waals surface area (Å²) in [5.41, 5.74) is 3.12. The van der Waals surface area contributed by atoms with Crippen LogP contribution in [-0.2, 0) is 0 Å². The van der Waals surface area contributed by atoms with Gasteiger partial charge in [0.15, 0.2) is 0 Å². The molecule has 0 aliphatic carbocycles. The van der Waals surface area contributed by atoms with E-state index in [1.54, 1.807) is 12.1 Å². The monoisotopic (exact) mass is 323 g/mol. The Hall–Kier alpha value is -2.62. The van der Waals surface area contributed by atoms with Gasteiger partial charge in [-0.25, -0.2) is 4.79 Å². The molecule has 0 spiro atoms. The number of amides is 1. The van der Waals surface area contributed by atoms with Gasteiger partial charge in [0.25, 0.3) is 5.91 Å². The smallest absolute Gasteiger partial charge is 0.335 e. The summed E-state index contributed by atoms with van der Waals surface area (Å²) in [5.74, 6) is -0.786. The van der Waals surface area contributed by atoms with Gasteiger partial charge in [0.2, 0.25) is 0 Å². The fraction of sp³-hybridized carbons (Fsp3) is 0.300. The van der Waals surface area contributed by atoms with Crippen LogP contribution in [0.3, 0.4) is 0 Å². The lowest BCUT2D eigenvalue weighted by Crippen LogP contribution is -2.34. The number of likely N-dealkylation sites (tertiary alicyclic amines) is 1. The van der Waals surface area contributed by atoms with E-state index >= 15 is 0 Å². The molecular formula is C20H21NO3. The van der Waals surface area contributed by atoms with Crippen LogP contribution in [0, 0.1) is 6.92 Å². The van der Waals surface area contributed by atoms with E-state index in [1.807, 2.05) is 17.0 Å². The molecule has 1 heterocycles. The van der Waals surface area contributed by atoms with Gasteiger partial charge in [-0.15, -0.1) is 0 Å². The molecule has 1 aliphatic heterocycles. The Morgan fingerprint density at radius 3 is 2.50 bits per heavy atom. The summed E-state index contributed by atoms with van der Waals surface area (Å²) in [6, 6.07) is 14.7. The molecule has 1 amide bonds. The van der Waals surface area contributed by atoms with Crippen molar-refractivity contribution in [3.8, 4) is 0 Å². The number of benzene rings is 2. The average Bonchev–Trinajstić information content (AvgIpc) is 2.96. The first kappa shape index (κ1) is 16.2. The van der Waals surface area contributed by atoms with Crippen LogP contribution in [0.2, 0.25) is 0 Å². The van der Waals surface area contributed by atoms with E-state index in [2.05, 4.69) is 26.0 Å². The summed E-state index contributed by atoms with van der Waals surface area (Å²) in [7, 11) is 0. The van der Waals surface area contributed by atoms with E-state index in [9.17, 15) is 9.59 Å². The maximum Gasteiger partial charge on any atom is 0.335 e. The second kappa shape index (κ2) is 6.48. The van der Waals surface area contributed by atoms with Crippen LogP contribution in [0.1, 0.15) is 51.1 Å². The van der Waals surface area contributed by atoms with E-state index in [4.69, 9.17) is 5.11 Å². The lowest BCUT2D eigenvalue weighted by atomic mass is 9.93. The molecule has 3 rings (SSSR count). The molecule has 2 aromatic rings. The molecule has 1 saturated heterocycles. The second-order valence-electron chi connectivity index (χ2n) is 6.48. The van der Waals surface area contributed by atoms with Gasteiger partial charge < -0.3 is 10.0 Å². The van der Waals surface area contributed by atoms with Gasteiger partial charge in [-0.3, -0.25) is 4.79 Å². The zero-order valence-corrected chi connectivity index (χ0v) is 13.9. The molecule has 1 N–H and O–H groups in total. The normalized spacial score (nSPS) is 20.2. The Labute approximate surface area is 141 Å². The van der Waals surface area contributed by atoms with Gasteiger partial charge in [0.05, 0.1) is 5.56 Å². The highest BCUT2D eigenvalue weighted by Crippen LogP contribution is 2.34. The van der Waals surface area contributed by atoms with Crippen molar-refractivity contribution >= 4 is 11.9 Å². The molecule has 2 unspecified atom stereocenters. The average molecular weight is 323 g/mol. The Bertz CT molecular complexity index is 784. The van der Waals surface area contributed by atoms with Crippen LogP contribution >= 0.6 is 0 Å². The predicted octanol–water partition coefficient (Wildman–Crippen LogP) is 3.71. The first-order valence-corrected chi connectivity index (χ1v) is 8.17. The maximum absolute atomic E-state index is 12.8.